The monoisotopic (exact) mass is 656 g/mol. The molecule has 0 spiro atoms. The van der Waals surface area contributed by atoms with Crippen molar-refractivity contribution in [2.24, 2.45) is 5.92 Å². The molecule has 0 aromatic heterocycles. The first kappa shape index (κ1) is 36.6. The zero-order chi connectivity index (χ0) is 34.0. The maximum absolute atomic E-state index is 11.7. The van der Waals surface area contributed by atoms with Crippen LogP contribution in [0.4, 0.5) is 0 Å². The average molecular weight is 657 g/mol. The van der Waals surface area contributed by atoms with Gasteiger partial charge in [-0.25, -0.2) is 0 Å². The van der Waals surface area contributed by atoms with Crippen LogP contribution in [-0.2, 0) is 28.5 Å². The van der Waals surface area contributed by atoms with Crippen LogP contribution in [0, 0.1) is 5.92 Å². The number of hydrogen-bond donors (Lipinski definition) is 2. The van der Waals surface area contributed by atoms with Gasteiger partial charge in [-0.3, -0.25) is 4.79 Å². The van der Waals surface area contributed by atoms with Crippen LogP contribution < -0.4 is 0 Å². The average Bonchev–Trinajstić information content (AvgIpc) is 3.25. The number of aldehydes is 1. The number of rotatable bonds is 9. The number of allylic oxidation sites excluding steroid dienone is 7. The third-order valence-electron chi connectivity index (χ3n) is 11.7. The largest absolute Gasteiger partial charge is 0.390 e. The fraction of sp³-hybridized carbons (Fsp3) is 0.769. The molecule has 0 saturated carbocycles. The summed E-state index contributed by atoms with van der Waals surface area (Å²) >= 11 is 0. The van der Waals surface area contributed by atoms with Crippen molar-refractivity contribution in [3.8, 4) is 0 Å². The standard InChI is InChI=1S/C39H60O8/c1-8-9-10-11-14-28-22-37(5,42)24-33-31(43-28)16-18-38(6)35(45-33)21-32-36(47-38)29(41)23-39(7)34(44-32)20-27(4)30(46-39)15-12-13-25(2)26(3)17-19-40/h8-10,13,17,19,27-36,41-42H,1,11-12,14-16,18,20-24H2,2-7H3/t27-,28+,29-,30-,31?,32?,33?,34?,35?,36?,37-,38+,39+/m0/s1. The molecule has 5 aliphatic heterocycles. The van der Waals surface area contributed by atoms with E-state index in [2.05, 4.69) is 39.5 Å². The minimum absolute atomic E-state index is 0.0428. The summed E-state index contributed by atoms with van der Waals surface area (Å²) in [6.07, 6.45) is 16.0. The van der Waals surface area contributed by atoms with Gasteiger partial charge in [0.1, 0.15) is 12.4 Å². The summed E-state index contributed by atoms with van der Waals surface area (Å²) in [5.41, 5.74) is -0.0575. The highest BCUT2D eigenvalue weighted by Crippen LogP contribution is 2.49. The van der Waals surface area contributed by atoms with Gasteiger partial charge in [0.05, 0.1) is 65.6 Å². The summed E-state index contributed by atoms with van der Waals surface area (Å²) in [6, 6.07) is 0. The number of carbonyl (C=O) groups is 1. The Morgan fingerprint density at radius 1 is 0.894 bits per heavy atom. The molecule has 5 saturated heterocycles. The van der Waals surface area contributed by atoms with Crippen LogP contribution in [0.3, 0.4) is 0 Å². The van der Waals surface area contributed by atoms with E-state index >= 15 is 0 Å². The third-order valence-corrected chi connectivity index (χ3v) is 11.7. The maximum atomic E-state index is 11.7. The minimum Gasteiger partial charge on any atom is -0.390 e. The van der Waals surface area contributed by atoms with Gasteiger partial charge in [-0.15, -0.1) is 0 Å². The van der Waals surface area contributed by atoms with E-state index in [0.717, 1.165) is 62.4 Å². The molecule has 13 atom stereocenters. The molecule has 5 heterocycles. The second-order valence-electron chi connectivity index (χ2n) is 15.8. The zero-order valence-electron chi connectivity index (χ0n) is 29.6. The van der Waals surface area contributed by atoms with Crippen molar-refractivity contribution < 1.29 is 38.7 Å². The highest BCUT2D eigenvalue weighted by atomic mass is 16.6. The first-order chi connectivity index (χ1) is 22.3. The summed E-state index contributed by atoms with van der Waals surface area (Å²) in [5, 5.41) is 23.1. The second kappa shape index (κ2) is 15.1. The van der Waals surface area contributed by atoms with E-state index < -0.39 is 29.0 Å². The molecule has 8 heteroatoms. The molecular formula is C39H60O8. The van der Waals surface area contributed by atoms with Crippen LogP contribution in [0.5, 0.6) is 0 Å². The molecular weight excluding hydrogens is 596 g/mol. The van der Waals surface area contributed by atoms with Crippen LogP contribution in [0.15, 0.2) is 48.1 Å². The highest BCUT2D eigenvalue weighted by molar-refractivity contribution is 5.67. The molecule has 47 heavy (non-hydrogen) atoms. The van der Waals surface area contributed by atoms with Crippen molar-refractivity contribution in [2.45, 2.75) is 184 Å². The Morgan fingerprint density at radius 3 is 2.38 bits per heavy atom. The molecule has 0 radical (unpaired) electrons. The van der Waals surface area contributed by atoms with Crippen molar-refractivity contribution >= 4 is 6.29 Å². The minimum atomic E-state index is -0.895. The van der Waals surface area contributed by atoms with E-state index in [0.29, 0.717) is 25.7 Å². The first-order valence-corrected chi connectivity index (χ1v) is 18.0. The molecule has 0 amide bonds. The Kier molecular flexibility index (Phi) is 11.7. The Morgan fingerprint density at radius 2 is 1.64 bits per heavy atom. The summed E-state index contributed by atoms with van der Waals surface area (Å²) in [6.45, 7) is 16.1. The van der Waals surface area contributed by atoms with Gasteiger partial charge in [-0.2, -0.15) is 0 Å². The van der Waals surface area contributed by atoms with E-state index in [4.69, 9.17) is 23.7 Å². The van der Waals surface area contributed by atoms with Gasteiger partial charge in [0.15, 0.2) is 0 Å². The molecule has 0 aromatic rings. The predicted octanol–water partition coefficient (Wildman–Crippen LogP) is 6.48. The number of ether oxygens (including phenoxy) is 5. The first-order valence-electron chi connectivity index (χ1n) is 18.0. The highest BCUT2D eigenvalue weighted by Gasteiger charge is 2.58. The van der Waals surface area contributed by atoms with E-state index in [-0.39, 0.29) is 48.6 Å². The fourth-order valence-electron chi connectivity index (χ4n) is 8.73. The van der Waals surface area contributed by atoms with Gasteiger partial charge in [0, 0.05) is 25.7 Å². The van der Waals surface area contributed by atoms with Gasteiger partial charge < -0.3 is 33.9 Å². The van der Waals surface area contributed by atoms with Gasteiger partial charge in [-0.05, 0) is 97.1 Å². The molecule has 5 aliphatic rings. The summed E-state index contributed by atoms with van der Waals surface area (Å²) in [4.78, 5) is 10.9. The van der Waals surface area contributed by atoms with E-state index in [1.165, 1.54) is 0 Å². The molecule has 0 bridgehead atoms. The van der Waals surface area contributed by atoms with Gasteiger partial charge in [-0.1, -0.05) is 43.4 Å². The Hall–Kier alpha value is -1.65. The lowest BCUT2D eigenvalue weighted by Crippen LogP contribution is -2.59. The SMILES string of the molecule is C=CC=CCC[C@@H]1C[C@](C)(O)CC2OC3CC4OC5C[C@H](C)[C@H](CCC=C(C)C(C)=CC=O)O[C@]5(C)C[C@H](O)C4O[C@]3(C)CCC2O1. The Bertz CT molecular complexity index is 1190. The van der Waals surface area contributed by atoms with Crippen molar-refractivity contribution in [1.82, 2.24) is 0 Å². The van der Waals surface area contributed by atoms with Gasteiger partial charge in [0.25, 0.3) is 0 Å². The molecule has 8 nitrogen and oxygen atoms in total. The number of aliphatic hydroxyl groups excluding tert-OH is 1. The van der Waals surface area contributed by atoms with E-state index in [9.17, 15) is 15.0 Å². The molecule has 2 N–H and O–H groups in total. The van der Waals surface area contributed by atoms with E-state index in [1.54, 1.807) is 12.2 Å². The van der Waals surface area contributed by atoms with Crippen LogP contribution >= 0.6 is 0 Å². The van der Waals surface area contributed by atoms with Crippen molar-refractivity contribution in [3.05, 3.63) is 48.1 Å². The number of carbonyl (C=O) groups excluding carboxylic acids is 1. The molecule has 264 valence electrons. The van der Waals surface area contributed by atoms with Crippen LogP contribution in [0.25, 0.3) is 0 Å². The van der Waals surface area contributed by atoms with Crippen molar-refractivity contribution in [3.63, 3.8) is 0 Å². The summed E-state index contributed by atoms with van der Waals surface area (Å²) < 4.78 is 34.2. The lowest BCUT2D eigenvalue weighted by Gasteiger charge is -2.49. The van der Waals surface area contributed by atoms with Gasteiger partial charge >= 0.3 is 0 Å². The Balaban J connectivity index is 1.27. The fourth-order valence-corrected chi connectivity index (χ4v) is 8.73. The second-order valence-corrected chi connectivity index (χ2v) is 15.8. The molecule has 5 rings (SSSR count). The van der Waals surface area contributed by atoms with Crippen LogP contribution in [0.2, 0.25) is 0 Å². The topological polar surface area (TPSA) is 104 Å². The maximum Gasteiger partial charge on any atom is 0.143 e. The molecule has 6 unspecified atom stereocenters. The lowest BCUT2D eigenvalue weighted by atomic mass is 9.79. The molecule has 0 aromatic carbocycles. The zero-order valence-corrected chi connectivity index (χ0v) is 29.6. The van der Waals surface area contributed by atoms with Crippen molar-refractivity contribution in [2.75, 3.05) is 0 Å². The van der Waals surface area contributed by atoms with Crippen LogP contribution in [-0.4, -0.2) is 88.2 Å². The quantitative estimate of drug-likeness (QED) is 0.165. The number of aliphatic hydroxyl groups is 2. The van der Waals surface area contributed by atoms with Crippen molar-refractivity contribution in [1.29, 1.82) is 0 Å². The summed E-state index contributed by atoms with van der Waals surface area (Å²) in [5.74, 6) is 0.289. The smallest absolute Gasteiger partial charge is 0.143 e. The lowest BCUT2D eigenvalue weighted by molar-refractivity contribution is -0.274. The number of hydrogen-bond acceptors (Lipinski definition) is 8. The normalized spacial score (nSPS) is 46.2. The molecule has 5 fully saturated rings. The Labute approximate surface area is 282 Å². The van der Waals surface area contributed by atoms with E-state index in [1.807, 2.05) is 26.8 Å². The van der Waals surface area contributed by atoms with Gasteiger partial charge in [0.2, 0.25) is 0 Å². The number of fused-ring (bicyclic) bond motifs is 4. The predicted molar refractivity (Wildman–Crippen MR) is 182 cm³/mol. The van der Waals surface area contributed by atoms with Crippen LogP contribution in [0.1, 0.15) is 112 Å². The summed E-state index contributed by atoms with van der Waals surface area (Å²) in [7, 11) is 0. The molecule has 0 aliphatic carbocycles. The third kappa shape index (κ3) is 8.57.